The molecule has 0 radical (unpaired) electrons. The fraction of sp³-hybridized carbons (Fsp3) is 0.200. The highest BCUT2D eigenvalue weighted by molar-refractivity contribution is 6.13. The van der Waals surface area contributed by atoms with E-state index in [4.69, 9.17) is 11.8 Å². The first-order valence-electron chi connectivity index (χ1n) is 6.33. The Morgan fingerprint density at radius 3 is 1.47 bits per heavy atom. The maximum absolute atomic E-state index is 6.26. The Labute approximate surface area is 118 Å². The molecule has 3 nitrogen and oxygen atoms in total. The van der Waals surface area contributed by atoms with Crippen molar-refractivity contribution < 1.29 is 0 Å². The number of hydrogen-bond acceptors (Lipinski definition) is 3. The van der Waals surface area contributed by atoms with Crippen molar-refractivity contribution in [2.24, 2.45) is 0 Å². The summed E-state index contributed by atoms with van der Waals surface area (Å²) in [7, 11) is 0. The van der Waals surface area contributed by atoms with Gasteiger partial charge in [0.1, 0.15) is 0 Å². The van der Waals surface area contributed by atoms with Crippen molar-refractivity contribution in [3.05, 3.63) is 60.7 Å². The zero-order chi connectivity index (χ0) is 13.1. The molecule has 3 rings (SSSR count). The molecule has 19 heavy (non-hydrogen) atoms. The molecular formula is C15H16ClN3. The largest absolute Gasteiger partial charge is 0.339 e. The molecule has 2 aromatic carbocycles. The van der Waals surface area contributed by atoms with Crippen LogP contribution in [0.25, 0.3) is 0 Å². The molecule has 2 aromatic rings. The fourth-order valence-corrected chi connectivity index (χ4v) is 2.57. The van der Waals surface area contributed by atoms with E-state index >= 15 is 0 Å². The second-order valence-electron chi connectivity index (χ2n) is 4.64. The van der Waals surface area contributed by atoms with Gasteiger partial charge in [-0.15, -0.1) is 0 Å². The molecule has 0 bridgehead atoms. The van der Waals surface area contributed by atoms with Crippen LogP contribution < -0.4 is 9.80 Å². The molecule has 1 saturated heterocycles. The summed E-state index contributed by atoms with van der Waals surface area (Å²) in [6.45, 7) is 2.31. The Balaban J connectivity index is 1.82. The van der Waals surface area contributed by atoms with Gasteiger partial charge < -0.3 is 9.80 Å². The van der Waals surface area contributed by atoms with Gasteiger partial charge in [-0.2, -0.15) is 4.42 Å². The number of nitrogens with zero attached hydrogens (tertiary/aromatic N) is 3. The zero-order valence-electron chi connectivity index (χ0n) is 10.6. The van der Waals surface area contributed by atoms with Gasteiger partial charge in [0.2, 0.25) is 0 Å². The third-order valence-corrected chi connectivity index (χ3v) is 3.45. The smallest absolute Gasteiger partial charge is 0.0929 e. The lowest BCUT2D eigenvalue weighted by atomic mass is 10.2. The molecule has 0 unspecified atom stereocenters. The van der Waals surface area contributed by atoms with E-state index in [0.717, 1.165) is 20.0 Å². The highest BCUT2D eigenvalue weighted by Gasteiger charge is 2.22. The Kier molecular flexibility index (Phi) is 3.58. The lowest BCUT2D eigenvalue weighted by Gasteiger charge is -2.41. The average molecular weight is 274 g/mol. The van der Waals surface area contributed by atoms with Crippen LogP contribution in [0.1, 0.15) is 0 Å². The molecule has 1 fully saturated rings. The van der Waals surface area contributed by atoms with Crippen LogP contribution >= 0.6 is 11.8 Å². The molecule has 0 aromatic heterocycles. The van der Waals surface area contributed by atoms with E-state index in [0.29, 0.717) is 0 Å². The predicted octanol–water partition coefficient (Wildman–Crippen LogP) is 3.34. The topological polar surface area (TPSA) is 9.72 Å². The van der Waals surface area contributed by atoms with Gasteiger partial charge >= 0.3 is 0 Å². The van der Waals surface area contributed by atoms with Crippen LogP contribution in [0.4, 0.5) is 11.4 Å². The summed E-state index contributed by atoms with van der Waals surface area (Å²) in [6, 6.07) is 20.7. The number of anilines is 2. The second kappa shape index (κ2) is 5.51. The maximum atomic E-state index is 6.26. The molecule has 1 aliphatic heterocycles. The number of rotatable bonds is 2. The van der Waals surface area contributed by atoms with Gasteiger partial charge in [0, 0.05) is 11.4 Å². The summed E-state index contributed by atoms with van der Waals surface area (Å²) in [4.78, 5) is 4.51. The molecule has 0 N–H and O–H groups in total. The Morgan fingerprint density at radius 1 is 0.632 bits per heavy atom. The summed E-state index contributed by atoms with van der Waals surface area (Å²) in [6.07, 6.45) is 0. The molecular weight excluding hydrogens is 258 g/mol. The van der Waals surface area contributed by atoms with Gasteiger partial charge in [-0.25, -0.2) is 0 Å². The van der Waals surface area contributed by atoms with E-state index in [1.807, 2.05) is 12.1 Å². The normalized spacial score (nSPS) is 16.7. The number of hydrogen-bond donors (Lipinski definition) is 0. The molecule has 0 spiro atoms. The third-order valence-electron chi connectivity index (χ3n) is 3.23. The van der Waals surface area contributed by atoms with E-state index in [2.05, 4.69) is 58.3 Å². The van der Waals surface area contributed by atoms with E-state index in [1.165, 1.54) is 11.4 Å². The molecule has 1 aliphatic rings. The van der Waals surface area contributed by atoms with Crippen LogP contribution in [0.5, 0.6) is 0 Å². The minimum atomic E-state index is 0.731. The number of para-hydroxylation sites is 2. The van der Waals surface area contributed by atoms with Crippen molar-refractivity contribution in [2.75, 3.05) is 29.8 Å². The standard InChI is InChI=1S/C15H16ClN3/c16-19-12-17(14-7-3-1-4-8-14)11-18(13-19)15-9-5-2-6-10-15/h1-10H,11-13H2. The maximum Gasteiger partial charge on any atom is 0.0929 e. The lowest BCUT2D eigenvalue weighted by molar-refractivity contribution is 0.389. The molecule has 1 heterocycles. The lowest BCUT2D eigenvalue weighted by Crippen LogP contribution is -2.52. The van der Waals surface area contributed by atoms with Gasteiger partial charge in [-0.05, 0) is 36.0 Å². The minimum absolute atomic E-state index is 0.731. The van der Waals surface area contributed by atoms with Crippen LogP contribution in [0.3, 0.4) is 0 Å². The van der Waals surface area contributed by atoms with E-state index in [1.54, 1.807) is 4.42 Å². The third kappa shape index (κ3) is 2.83. The van der Waals surface area contributed by atoms with Gasteiger partial charge in [-0.1, -0.05) is 36.4 Å². The molecule has 4 heteroatoms. The molecule has 0 aliphatic carbocycles. The Bertz CT molecular complexity index is 470. The molecule has 98 valence electrons. The monoisotopic (exact) mass is 273 g/mol. The van der Waals surface area contributed by atoms with Crippen LogP contribution in [-0.2, 0) is 0 Å². The highest BCUT2D eigenvalue weighted by Crippen LogP contribution is 2.23. The van der Waals surface area contributed by atoms with Gasteiger partial charge in [0.15, 0.2) is 0 Å². The highest BCUT2D eigenvalue weighted by atomic mass is 35.5. The van der Waals surface area contributed by atoms with Crippen LogP contribution in [0.2, 0.25) is 0 Å². The van der Waals surface area contributed by atoms with Crippen LogP contribution in [0.15, 0.2) is 60.7 Å². The van der Waals surface area contributed by atoms with Crippen molar-refractivity contribution in [1.82, 2.24) is 4.42 Å². The Morgan fingerprint density at radius 2 is 1.05 bits per heavy atom. The van der Waals surface area contributed by atoms with E-state index in [-0.39, 0.29) is 0 Å². The molecule has 0 atom stereocenters. The fourth-order valence-electron chi connectivity index (χ4n) is 2.31. The predicted molar refractivity (Wildman–Crippen MR) is 80.1 cm³/mol. The summed E-state index contributed by atoms with van der Waals surface area (Å²) < 4.78 is 1.80. The van der Waals surface area contributed by atoms with Crippen molar-refractivity contribution in [2.45, 2.75) is 0 Å². The second-order valence-corrected chi connectivity index (χ2v) is 5.12. The first-order valence-corrected chi connectivity index (χ1v) is 6.67. The van der Waals surface area contributed by atoms with Gasteiger partial charge in [0.25, 0.3) is 0 Å². The molecule has 0 saturated carbocycles. The van der Waals surface area contributed by atoms with Crippen LogP contribution in [-0.4, -0.2) is 24.4 Å². The first kappa shape index (κ1) is 12.3. The number of benzene rings is 2. The summed E-state index contributed by atoms with van der Waals surface area (Å²) in [5, 5.41) is 0. The molecule has 0 amide bonds. The van der Waals surface area contributed by atoms with Crippen molar-refractivity contribution >= 4 is 23.2 Å². The van der Waals surface area contributed by atoms with E-state index < -0.39 is 0 Å². The minimum Gasteiger partial charge on any atom is -0.339 e. The van der Waals surface area contributed by atoms with Crippen molar-refractivity contribution in [3.63, 3.8) is 0 Å². The average Bonchev–Trinajstić information content (AvgIpc) is 2.48. The quantitative estimate of drug-likeness (QED) is 0.777. The Hall–Kier alpha value is -1.71. The van der Waals surface area contributed by atoms with Crippen LogP contribution in [0, 0.1) is 0 Å². The number of halogens is 1. The SMILES string of the molecule is ClN1CN(c2ccccc2)CN(c2ccccc2)C1. The zero-order valence-corrected chi connectivity index (χ0v) is 11.4. The summed E-state index contributed by atoms with van der Waals surface area (Å²) >= 11 is 6.26. The van der Waals surface area contributed by atoms with E-state index in [9.17, 15) is 0 Å². The van der Waals surface area contributed by atoms with Crippen molar-refractivity contribution in [1.29, 1.82) is 0 Å². The van der Waals surface area contributed by atoms with Gasteiger partial charge in [-0.3, -0.25) is 0 Å². The van der Waals surface area contributed by atoms with Gasteiger partial charge in [0.05, 0.1) is 20.0 Å². The summed E-state index contributed by atoms with van der Waals surface area (Å²) in [5.41, 5.74) is 2.38. The summed E-state index contributed by atoms with van der Waals surface area (Å²) in [5.74, 6) is 0. The first-order chi connectivity index (χ1) is 9.33. The van der Waals surface area contributed by atoms with Crippen molar-refractivity contribution in [3.8, 4) is 0 Å².